The van der Waals surface area contributed by atoms with E-state index in [4.69, 9.17) is 11.6 Å². The zero-order valence-electron chi connectivity index (χ0n) is 15.7. The average Bonchev–Trinajstić information content (AvgIpc) is 2.50. The van der Waals surface area contributed by atoms with Gasteiger partial charge in [0, 0.05) is 5.02 Å². The SMILES string of the molecule is CC(C)(C)C1=CC2(C(C)(C)C)C=C(c3ccc(Cl)cc3)C1C(=O)C2=O. The molecule has 0 spiro atoms. The van der Waals surface area contributed by atoms with Gasteiger partial charge >= 0.3 is 0 Å². The van der Waals surface area contributed by atoms with Crippen LogP contribution in [0.15, 0.2) is 42.0 Å². The highest BCUT2D eigenvalue weighted by atomic mass is 35.5. The third-order valence-electron chi connectivity index (χ3n) is 5.53. The maximum absolute atomic E-state index is 13.1. The summed E-state index contributed by atoms with van der Waals surface area (Å²) in [5.74, 6) is -1.05. The summed E-state index contributed by atoms with van der Waals surface area (Å²) < 4.78 is 0. The van der Waals surface area contributed by atoms with Crippen LogP contribution < -0.4 is 0 Å². The summed E-state index contributed by atoms with van der Waals surface area (Å²) in [5.41, 5.74) is 1.46. The maximum Gasteiger partial charge on any atom is 0.213 e. The van der Waals surface area contributed by atoms with Crippen molar-refractivity contribution in [3.05, 3.63) is 52.6 Å². The maximum atomic E-state index is 13.1. The van der Waals surface area contributed by atoms with Crippen LogP contribution in [-0.4, -0.2) is 11.6 Å². The molecular formula is C22H25ClO2. The van der Waals surface area contributed by atoms with Crippen LogP contribution in [0.25, 0.3) is 5.57 Å². The Bertz CT molecular complexity index is 813. The first-order chi connectivity index (χ1) is 11.4. The highest BCUT2D eigenvalue weighted by Crippen LogP contribution is 2.57. The molecule has 3 heteroatoms. The van der Waals surface area contributed by atoms with E-state index in [0.29, 0.717) is 5.02 Å². The lowest BCUT2D eigenvalue weighted by molar-refractivity contribution is -0.145. The first kappa shape index (κ1) is 18.1. The lowest BCUT2D eigenvalue weighted by atomic mass is 9.50. The van der Waals surface area contributed by atoms with E-state index in [2.05, 4.69) is 26.8 Å². The van der Waals surface area contributed by atoms with Crippen molar-refractivity contribution in [1.82, 2.24) is 0 Å². The van der Waals surface area contributed by atoms with Crippen molar-refractivity contribution in [1.29, 1.82) is 0 Å². The zero-order valence-corrected chi connectivity index (χ0v) is 16.5. The fraction of sp³-hybridized carbons (Fsp3) is 0.455. The highest BCUT2D eigenvalue weighted by molar-refractivity contribution is 6.46. The van der Waals surface area contributed by atoms with Gasteiger partial charge in [0.25, 0.3) is 0 Å². The molecule has 0 radical (unpaired) electrons. The zero-order chi connectivity index (χ0) is 18.8. The monoisotopic (exact) mass is 356 g/mol. The first-order valence-electron chi connectivity index (χ1n) is 8.69. The number of benzene rings is 1. The number of allylic oxidation sites excluding steroid dienone is 4. The number of rotatable bonds is 1. The van der Waals surface area contributed by atoms with Crippen molar-refractivity contribution < 1.29 is 9.59 Å². The molecule has 1 aromatic carbocycles. The Morgan fingerprint density at radius 3 is 1.96 bits per heavy atom. The summed E-state index contributed by atoms with van der Waals surface area (Å²) in [4.78, 5) is 26.1. The quantitative estimate of drug-likeness (QED) is 0.491. The van der Waals surface area contributed by atoms with E-state index in [1.165, 1.54) is 0 Å². The second-order valence-electron chi connectivity index (χ2n) is 9.20. The van der Waals surface area contributed by atoms with E-state index in [1.807, 2.05) is 51.1 Å². The number of halogens is 1. The van der Waals surface area contributed by atoms with Gasteiger partial charge in [-0.05, 0) is 34.1 Å². The summed E-state index contributed by atoms with van der Waals surface area (Å²) in [7, 11) is 0. The molecule has 3 aliphatic rings. The molecule has 2 unspecified atom stereocenters. The molecule has 0 saturated heterocycles. The van der Waals surface area contributed by atoms with Gasteiger partial charge in [0.15, 0.2) is 0 Å². The number of fused-ring (bicyclic) bond motifs is 1. The van der Waals surface area contributed by atoms with Crippen molar-refractivity contribution in [3.8, 4) is 0 Å². The molecular weight excluding hydrogens is 332 g/mol. The summed E-state index contributed by atoms with van der Waals surface area (Å²) in [6.45, 7) is 12.4. The van der Waals surface area contributed by atoms with Crippen LogP contribution in [0, 0.1) is 22.2 Å². The smallest absolute Gasteiger partial charge is 0.213 e. The molecule has 4 rings (SSSR count). The molecule has 2 bridgehead atoms. The summed E-state index contributed by atoms with van der Waals surface area (Å²) in [6, 6.07) is 7.53. The molecule has 0 heterocycles. The van der Waals surface area contributed by atoms with Gasteiger partial charge in [-0.25, -0.2) is 0 Å². The minimum absolute atomic E-state index is 0.191. The number of hydrogen-bond acceptors (Lipinski definition) is 2. The first-order valence-corrected chi connectivity index (χ1v) is 9.07. The van der Waals surface area contributed by atoms with Crippen LogP contribution in [-0.2, 0) is 9.59 Å². The van der Waals surface area contributed by atoms with E-state index in [9.17, 15) is 9.59 Å². The molecule has 0 saturated carbocycles. The third-order valence-corrected chi connectivity index (χ3v) is 5.79. The Morgan fingerprint density at radius 1 is 0.920 bits per heavy atom. The van der Waals surface area contributed by atoms with Crippen LogP contribution in [0.4, 0.5) is 0 Å². The highest BCUT2D eigenvalue weighted by Gasteiger charge is 2.58. The van der Waals surface area contributed by atoms with Gasteiger partial charge in [-0.3, -0.25) is 9.59 Å². The van der Waals surface area contributed by atoms with E-state index in [1.54, 1.807) is 0 Å². The number of carbonyl (C=O) groups excluding carboxylic acids is 2. The van der Waals surface area contributed by atoms with Crippen LogP contribution in [0.1, 0.15) is 47.1 Å². The molecule has 2 nitrogen and oxygen atoms in total. The molecule has 0 aromatic heterocycles. The minimum Gasteiger partial charge on any atom is -0.290 e. The lowest BCUT2D eigenvalue weighted by Crippen LogP contribution is -2.54. The third kappa shape index (κ3) is 2.62. The van der Waals surface area contributed by atoms with Gasteiger partial charge in [0.05, 0.1) is 11.3 Å². The van der Waals surface area contributed by atoms with Gasteiger partial charge in [-0.2, -0.15) is 0 Å². The molecule has 0 amide bonds. The van der Waals surface area contributed by atoms with E-state index in [-0.39, 0.29) is 22.4 Å². The van der Waals surface area contributed by atoms with Crippen LogP contribution >= 0.6 is 11.6 Å². The molecule has 3 aliphatic carbocycles. The van der Waals surface area contributed by atoms with Gasteiger partial charge in [-0.1, -0.05) is 83.0 Å². The van der Waals surface area contributed by atoms with Gasteiger partial charge in [0.1, 0.15) is 0 Å². The van der Waals surface area contributed by atoms with Crippen LogP contribution in [0.2, 0.25) is 5.02 Å². The van der Waals surface area contributed by atoms with Crippen molar-refractivity contribution in [3.63, 3.8) is 0 Å². The molecule has 2 atom stereocenters. The van der Waals surface area contributed by atoms with Crippen molar-refractivity contribution in [2.45, 2.75) is 41.5 Å². The van der Waals surface area contributed by atoms with Gasteiger partial charge in [0.2, 0.25) is 11.6 Å². The molecule has 25 heavy (non-hydrogen) atoms. The van der Waals surface area contributed by atoms with Gasteiger partial charge in [-0.15, -0.1) is 0 Å². The predicted octanol–water partition coefficient (Wildman–Crippen LogP) is 5.51. The Hall–Kier alpha value is -1.67. The van der Waals surface area contributed by atoms with Crippen molar-refractivity contribution in [2.75, 3.05) is 0 Å². The molecule has 1 aromatic rings. The second kappa shape index (κ2) is 5.41. The van der Waals surface area contributed by atoms with Crippen LogP contribution in [0.5, 0.6) is 0 Å². The number of hydrogen-bond donors (Lipinski definition) is 0. The number of carbonyl (C=O) groups is 2. The van der Waals surface area contributed by atoms with E-state index >= 15 is 0 Å². The number of ketones is 2. The van der Waals surface area contributed by atoms with Crippen LogP contribution in [0.3, 0.4) is 0 Å². The lowest BCUT2D eigenvalue weighted by Gasteiger charge is -2.50. The normalized spacial score (nSPS) is 26.6. The Morgan fingerprint density at radius 2 is 1.48 bits per heavy atom. The minimum atomic E-state index is -0.892. The van der Waals surface area contributed by atoms with E-state index < -0.39 is 11.3 Å². The van der Waals surface area contributed by atoms with Gasteiger partial charge < -0.3 is 0 Å². The topological polar surface area (TPSA) is 34.1 Å². The Balaban J connectivity index is 2.32. The second-order valence-corrected chi connectivity index (χ2v) is 9.64. The summed E-state index contributed by atoms with van der Waals surface area (Å²) in [5, 5.41) is 0.657. The van der Waals surface area contributed by atoms with Crippen molar-refractivity contribution in [2.24, 2.45) is 22.2 Å². The largest absolute Gasteiger partial charge is 0.290 e. The molecule has 0 N–H and O–H groups in total. The average molecular weight is 357 g/mol. The predicted molar refractivity (Wildman–Crippen MR) is 102 cm³/mol. The number of Topliss-reactive ketones (excluding diaryl/α,β-unsaturated/α-hetero) is 2. The fourth-order valence-corrected chi connectivity index (χ4v) is 4.06. The standard InChI is InChI=1S/C22H25ClO2/c1-20(2,3)16-12-22(21(4,5)6)11-15(17(16)18(24)19(22)25)13-7-9-14(23)10-8-13/h7-12,17H,1-6H3. The molecule has 132 valence electrons. The fourth-order valence-electron chi connectivity index (χ4n) is 3.93. The van der Waals surface area contributed by atoms with Crippen molar-refractivity contribution >= 4 is 28.7 Å². The van der Waals surface area contributed by atoms with E-state index in [0.717, 1.165) is 16.7 Å². The molecule has 0 fully saturated rings. The molecule has 0 aliphatic heterocycles. The summed E-state index contributed by atoms with van der Waals surface area (Å²) in [6.07, 6.45) is 4.10. The Kier molecular flexibility index (Phi) is 3.92. The summed E-state index contributed by atoms with van der Waals surface area (Å²) >= 11 is 6.03. The Labute approximate surface area is 155 Å².